The van der Waals surface area contributed by atoms with Gasteiger partial charge in [-0.05, 0) is 36.2 Å². The third kappa shape index (κ3) is 2.87. The van der Waals surface area contributed by atoms with Crippen molar-refractivity contribution in [1.29, 1.82) is 0 Å². The number of unbranched alkanes of at least 4 members (excludes halogenated alkanes) is 1. The third-order valence-electron chi connectivity index (χ3n) is 6.40. The number of nitrogens with one attached hydrogen (secondary N) is 1. The zero-order valence-corrected chi connectivity index (χ0v) is 17.6. The molecule has 7 heteroatoms. The number of methoxy groups -OCH3 is 1. The van der Waals surface area contributed by atoms with Gasteiger partial charge in [0.05, 0.1) is 7.11 Å². The number of para-hydroxylation sites is 1. The molecule has 0 radical (unpaired) electrons. The molecule has 0 spiro atoms. The minimum absolute atomic E-state index is 0.0586. The number of imide groups is 1. The summed E-state index contributed by atoms with van der Waals surface area (Å²) < 4.78 is 5.38. The van der Waals surface area contributed by atoms with E-state index < -0.39 is 12.1 Å². The molecule has 2 N–H and O–H groups in total. The zero-order valence-electron chi connectivity index (χ0n) is 17.6. The number of urea groups is 1. The Hall–Kier alpha value is -3.48. The average molecular weight is 419 g/mol. The Balaban J connectivity index is 1.72. The second-order valence-corrected chi connectivity index (χ2v) is 8.14. The van der Waals surface area contributed by atoms with Crippen molar-refractivity contribution in [3.05, 3.63) is 59.3 Å². The summed E-state index contributed by atoms with van der Waals surface area (Å²) in [7, 11) is 1.56. The number of hydrogen-bond acceptors (Lipinski definition) is 4. The smallest absolute Gasteiger partial charge is 0.328 e. The monoisotopic (exact) mass is 419 g/mol. The third-order valence-corrected chi connectivity index (χ3v) is 6.40. The van der Waals surface area contributed by atoms with Crippen LogP contribution in [0.4, 0.5) is 4.79 Å². The number of hydrogen-bond donors (Lipinski definition) is 2. The fourth-order valence-corrected chi connectivity index (χ4v) is 4.85. The Morgan fingerprint density at radius 1 is 1.19 bits per heavy atom. The first-order chi connectivity index (χ1) is 15.0. The molecule has 2 aliphatic rings. The lowest BCUT2D eigenvalue weighted by Gasteiger charge is -2.36. The summed E-state index contributed by atoms with van der Waals surface area (Å²) >= 11 is 0. The number of H-pyrrole nitrogens is 1. The molecule has 2 aromatic carbocycles. The van der Waals surface area contributed by atoms with Crippen LogP contribution in [-0.2, 0) is 11.2 Å². The highest BCUT2D eigenvalue weighted by atomic mass is 16.5. The first kappa shape index (κ1) is 19.5. The molecule has 31 heavy (non-hydrogen) atoms. The second-order valence-electron chi connectivity index (χ2n) is 8.14. The summed E-state index contributed by atoms with van der Waals surface area (Å²) in [6, 6.07) is 11.4. The molecule has 0 bridgehead atoms. The predicted octanol–water partition coefficient (Wildman–Crippen LogP) is 3.96. The molecule has 5 rings (SSSR count). The molecule has 2 unspecified atom stereocenters. The van der Waals surface area contributed by atoms with E-state index in [0.717, 1.165) is 35.0 Å². The maximum Gasteiger partial charge on any atom is 0.328 e. The highest BCUT2D eigenvalue weighted by molar-refractivity contribution is 6.05. The number of fused-ring (bicyclic) bond motifs is 4. The molecule has 3 amide bonds. The van der Waals surface area contributed by atoms with E-state index in [1.54, 1.807) is 30.2 Å². The molecule has 2 atom stereocenters. The quantitative estimate of drug-likeness (QED) is 0.613. The van der Waals surface area contributed by atoms with Crippen molar-refractivity contribution in [3.63, 3.8) is 0 Å². The summed E-state index contributed by atoms with van der Waals surface area (Å²) in [5, 5.41) is 11.8. The van der Waals surface area contributed by atoms with Crippen molar-refractivity contribution in [2.24, 2.45) is 0 Å². The van der Waals surface area contributed by atoms with Crippen LogP contribution in [0.3, 0.4) is 0 Å². The van der Waals surface area contributed by atoms with E-state index in [0.29, 0.717) is 24.3 Å². The zero-order chi connectivity index (χ0) is 21.7. The van der Waals surface area contributed by atoms with Crippen molar-refractivity contribution in [1.82, 2.24) is 14.8 Å². The van der Waals surface area contributed by atoms with E-state index in [2.05, 4.69) is 4.98 Å². The molecule has 1 aromatic heterocycles. The first-order valence-electron chi connectivity index (χ1n) is 10.6. The van der Waals surface area contributed by atoms with Crippen LogP contribution in [0.1, 0.15) is 42.6 Å². The number of aromatic nitrogens is 1. The lowest BCUT2D eigenvalue weighted by Crippen LogP contribution is -2.44. The average Bonchev–Trinajstić information content (AvgIpc) is 3.27. The maximum absolute atomic E-state index is 13.4. The van der Waals surface area contributed by atoms with Crippen LogP contribution in [0.2, 0.25) is 0 Å². The standard InChI is InChI=1S/C24H25N3O4/c1-3-4-11-26-23(29)19-13-16-15-7-5-6-8-18(15)25-21(16)22(27(19)24(26)30)17-12-14(31-2)9-10-20(17)28/h5-10,12,19,22,25,28H,3-4,11,13H2,1-2H3. The van der Waals surface area contributed by atoms with Crippen molar-refractivity contribution >= 4 is 22.8 Å². The molecule has 0 aliphatic carbocycles. The number of carbonyl (C=O) groups is 2. The topological polar surface area (TPSA) is 85.9 Å². The van der Waals surface area contributed by atoms with Crippen molar-refractivity contribution < 1.29 is 19.4 Å². The molecule has 0 saturated carbocycles. The van der Waals surface area contributed by atoms with E-state index in [1.807, 2.05) is 31.2 Å². The molecule has 7 nitrogen and oxygen atoms in total. The van der Waals surface area contributed by atoms with Gasteiger partial charge in [-0.2, -0.15) is 0 Å². The molecule has 3 aromatic rings. The highest BCUT2D eigenvalue weighted by Crippen LogP contribution is 2.46. The minimum atomic E-state index is -0.612. The van der Waals surface area contributed by atoms with Gasteiger partial charge in [0.1, 0.15) is 23.6 Å². The SMILES string of the molecule is CCCCN1C(=O)C2Cc3c([nH]c4ccccc34)C(c3cc(OC)ccc3O)N2C1=O. The van der Waals surface area contributed by atoms with E-state index in [-0.39, 0.29) is 17.7 Å². The Bertz CT molecular complexity index is 1180. The fourth-order valence-electron chi connectivity index (χ4n) is 4.85. The van der Waals surface area contributed by atoms with Gasteiger partial charge in [0.2, 0.25) is 0 Å². The van der Waals surface area contributed by atoms with Crippen LogP contribution < -0.4 is 4.74 Å². The Kier molecular flexibility index (Phi) is 4.61. The van der Waals surface area contributed by atoms with Crippen molar-refractivity contribution in [2.45, 2.75) is 38.3 Å². The molecule has 1 fully saturated rings. The van der Waals surface area contributed by atoms with Gasteiger partial charge in [0.25, 0.3) is 5.91 Å². The van der Waals surface area contributed by atoms with Crippen LogP contribution in [0.15, 0.2) is 42.5 Å². The van der Waals surface area contributed by atoms with Crippen molar-refractivity contribution in [3.8, 4) is 11.5 Å². The van der Waals surface area contributed by atoms with Gasteiger partial charge in [0, 0.05) is 35.1 Å². The van der Waals surface area contributed by atoms with Gasteiger partial charge in [-0.3, -0.25) is 14.6 Å². The number of carbonyl (C=O) groups excluding carboxylic acids is 2. The number of nitrogens with zero attached hydrogens (tertiary/aromatic N) is 2. The van der Waals surface area contributed by atoms with Crippen LogP contribution in [0.25, 0.3) is 10.9 Å². The predicted molar refractivity (Wildman–Crippen MR) is 116 cm³/mol. The summed E-state index contributed by atoms with van der Waals surface area (Å²) in [6.45, 7) is 2.44. The van der Waals surface area contributed by atoms with Crippen LogP contribution in [-0.4, -0.2) is 51.5 Å². The lowest BCUT2D eigenvalue weighted by molar-refractivity contribution is -0.128. The van der Waals surface area contributed by atoms with Crippen LogP contribution in [0, 0.1) is 0 Å². The number of phenolic OH excluding ortho intramolecular Hbond substituents is 1. The van der Waals surface area contributed by atoms with Gasteiger partial charge in [-0.1, -0.05) is 31.5 Å². The Labute approximate surface area is 180 Å². The molecule has 3 heterocycles. The number of benzene rings is 2. The van der Waals surface area contributed by atoms with Crippen LogP contribution >= 0.6 is 0 Å². The van der Waals surface area contributed by atoms with E-state index in [4.69, 9.17) is 4.74 Å². The lowest BCUT2D eigenvalue weighted by atomic mass is 9.88. The molecule has 160 valence electrons. The normalized spacial score (nSPS) is 20.3. The Morgan fingerprint density at radius 3 is 2.77 bits per heavy atom. The van der Waals surface area contributed by atoms with Gasteiger partial charge < -0.3 is 14.8 Å². The number of amides is 3. The van der Waals surface area contributed by atoms with Crippen LogP contribution in [0.5, 0.6) is 11.5 Å². The van der Waals surface area contributed by atoms with E-state index >= 15 is 0 Å². The number of aromatic amines is 1. The fraction of sp³-hybridized carbons (Fsp3) is 0.333. The first-order valence-corrected chi connectivity index (χ1v) is 10.6. The second kappa shape index (κ2) is 7.34. The molecular formula is C24H25N3O4. The Morgan fingerprint density at radius 2 is 2.00 bits per heavy atom. The van der Waals surface area contributed by atoms with Gasteiger partial charge in [-0.15, -0.1) is 0 Å². The number of ether oxygens (including phenoxy) is 1. The molecular weight excluding hydrogens is 394 g/mol. The number of aromatic hydroxyl groups is 1. The largest absolute Gasteiger partial charge is 0.508 e. The highest BCUT2D eigenvalue weighted by Gasteiger charge is 2.52. The number of rotatable bonds is 5. The van der Waals surface area contributed by atoms with Crippen molar-refractivity contribution in [2.75, 3.05) is 13.7 Å². The van der Waals surface area contributed by atoms with E-state index in [1.165, 1.54) is 4.90 Å². The van der Waals surface area contributed by atoms with Gasteiger partial charge in [0.15, 0.2) is 0 Å². The summed E-state index contributed by atoms with van der Waals surface area (Å²) in [6.07, 6.45) is 2.11. The maximum atomic E-state index is 13.4. The number of phenols is 1. The molecule has 2 aliphatic heterocycles. The minimum Gasteiger partial charge on any atom is -0.508 e. The summed E-state index contributed by atoms with van der Waals surface area (Å²) in [5.41, 5.74) is 3.33. The van der Waals surface area contributed by atoms with Gasteiger partial charge in [-0.25, -0.2) is 4.79 Å². The van der Waals surface area contributed by atoms with E-state index in [9.17, 15) is 14.7 Å². The summed E-state index contributed by atoms with van der Waals surface area (Å²) in [5.74, 6) is 0.471. The van der Waals surface area contributed by atoms with Gasteiger partial charge >= 0.3 is 6.03 Å². The molecule has 1 saturated heterocycles. The summed E-state index contributed by atoms with van der Waals surface area (Å²) in [4.78, 5) is 33.2.